The van der Waals surface area contributed by atoms with E-state index < -0.39 is 0 Å². The predicted molar refractivity (Wildman–Crippen MR) is 64.8 cm³/mol. The molecule has 2 rings (SSSR count). The highest BCUT2D eigenvalue weighted by molar-refractivity contribution is 9.10. The number of hydrogen-bond acceptors (Lipinski definition) is 2. The predicted octanol–water partition coefficient (Wildman–Crippen LogP) is 4.35. The highest BCUT2D eigenvalue weighted by atomic mass is 79.9. The van der Waals surface area contributed by atoms with Gasteiger partial charge in [-0.05, 0) is 41.1 Å². The molecule has 16 heavy (non-hydrogen) atoms. The summed E-state index contributed by atoms with van der Waals surface area (Å²) in [5, 5.41) is 3.10. The average Bonchev–Trinajstić information content (AvgIpc) is 2.76. The van der Waals surface area contributed by atoms with Crippen LogP contribution in [0, 0.1) is 5.82 Å². The van der Waals surface area contributed by atoms with Crippen molar-refractivity contribution >= 4 is 21.6 Å². The lowest BCUT2D eigenvalue weighted by atomic mass is 10.1. The van der Waals surface area contributed by atoms with E-state index in [0.29, 0.717) is 10.2 Å². The lowest BCUT2D eigenvalue weighted by Crippen LogP contribution is -2.07. The van der Waals surface area contributed by atoms with Crippen LogP contribution in [-0.4, -0.2) is 0 Å². The third kappa shape index (κ3) is 2.27. The van der Waals surface area contributed by atoms with Crippen molar-refractivity contribution in [3.63, 3.8) is 0 Å². The first kappa shape index (κ1) is 11.2. The maximum atomic E-state index is 13.5. The van der Waals surface area contributed by atoms with E-state index in [1.165, 1.54) is 6.07 Å². The fourth-order valence-electron chi connectivity index (χ4n) is 1.46. The topological polar surface area (TPSA) is 25.2 Å². The van der Waals surface area contributed by atoms with Gasteiger partial charge in [-0.25, -0.2) is 4.39 Å². The molecule has 0 radical (unpaired) electrons. The van der Waals surface area contributed by atoms with Crippen molar-refractivity contribution in [2.75, 3.05) is 5.32 Å². The normalized spacial score (nSPS) is 12.4. The van der Waals surface area contributed by atoms with Gasteiger partial charge in [0.1, 0.15) is 5.82 Å². The summed E-state index contributed by atoms with van der Waals surface area (Å²) in [5.41, 5.74) is 1.45. The number of furan rings is 1. The average molecular weight is 284 g/mol. The second kappa shape index (κ2) is 4.70. The summed E-state index contributed by atoms with van der Waals surface area (Å²) in [5.74, 6) is -0.273. The van der Waals surface area contributed by atoms with E-state index in [-0.39, 0.29) is 11.9 Å². The third-order valence-electron chi connectivity index (χ3n) is 2.37. The van der Waals surface area contributed by atoms with Crippen molar-refractivity contribution < 1.29 is 8.81 Å². The number of rotatable bonds is 3. The highest BCUT2D eigenvalue weighted by Gasteiger charge is 2.11. The lowest BCUT2D eigenvalue weighted by Gasteiger charge is -2.15. The second-order valence-corrected chi connectivity index (χ2v) is 4.37. The molecule has 84 valence electrons. The smallest absolute Gasteiger partial charge is 0.147 e. The minimum Gasteiger partial charge on any atom is -0.472 e. The van der Waals surface area contributed by atoms with Crippen molar-refractivity contribution in [3.05, 3.63) is 52.6 Å². The van der Waals surface area contributed by atoms with Gasteiger partial charge in [0.2, 0.25) is 0 Å². The summed E-state index contributed by atoms with van der Waals surface area (Å²) in [4.78, 5) is 0. The number of anilines is 1. The van der Waals surface area contributed by atoms with Crippen LogP contribution in [-0.2, 0) is 0 Å². The molecule has 0 fully saturated rings. The SMILES string of the molecule is CC(Nc1c(F)cccc1Br)c1ccoc1. The molecule has 1 aromatic heterocycles. The molecule has 0 amide bonds. The van der Waals surface area contributed by atoms with Crippen molar-refractivity contribution in [1.29, 1.82) is 0 Å². The van der Waals surface area contributed by atoms with Crippen molar-refractivity contribution in [3.8, 4) is 0 Å². The summed E-state index contributed by atoms with van der Waals surface area (Å²) in [6.07, 6.45) is 3.25. The first-order valence-electron chi connectivity index (χ1n) is 4.91. The van der Waals surface area contributed by atoms with Gasteiger partial charge in [0, 0.05) is 10.0 Å². The van der Waals surface area contributed by atoms with Gasteiger partial charge < -0.3 is 9.73 Å². The van der Waals surface area contributed by atoms with Crippen LogP contribution in [0.2, 0.25) is 0 Å². The molecule has 2 aromatic rings. The summed E-state index contributed by atoms with van der Waals surface area (Å²) in [7, 11) is 0. The van der Waals surface area contributed by atoms with E-state index in [4.69, 9.17) is 4.42 Å². The van der Waals surface area contributed by atoms with Gasteiger partial charge in [-0.1, -0.05) is 6.07 Å². The molecule has 1 N–H and O–H groups in total. The van der Waals surface area contributed by atoms with Gasteiger partial charge >= 0.3 is 0 Å². The van der Waals surface area contributed by atoms with Crippen LogP contribution >= 0.6 is 15.9 Å². The Bertz CT molecular complexity index is 450. The first-order chi connectivity index (χ1) is 7.68. The summed E-state index contributed by atoms with van der Waals surface area (Å²) in [6.45, 7) is 1.95. The molecule has 0 aliphatic carbocycles. The first-order valence-corrected chi connectivity index (χ1v) is 5.70. The van der Waals surface area contributed by atoms with Crippen molar-refractivity contribution in [2.45, 2.75) is 13.0 Å². The maximum Gasteiger partial charge on any atom is 0.147 e. The molecule has 2 nitrogen and oxygen atoms in total. The van der Waals surface area contributed by atoms with Crippen LogP contribution in [0.4, 0.5) is 10.1 Å². The van der Waals surface area contributed by atoms with Gasteiger partial charge in [0.25, 0.3) is 0 Å². The Morgan fingerprint density at radius 2 is 2.19 bits per heavy atom. The molecule has 0 spiro atoms. The van der Waals surface area contributed by atoms with E-state index in [1.807, 2.05) is 13.0 Å². The van der Waals surface area contributed by atoms with Crippen LogP contribution in [0.15, 0.2) is 45.7 Å². The molecule has 1 aromatic carbocycles. The minimum absolute atomic E-state index is 0.00745. The molecule has 4 heteroatoms. The fourth-order valence-corrected chi connectivity index (χ4v) is 1.91. The Kier molecular flexibility index (Phi) is 3.29. The van der Waals surface area contributed by atoms with Gasteiger partial charge in [-0.3, -0.25) is 0 Å². The number of nitrogens with one attached hydrogen (secondary N) is 1. The summed E-state index contributed by atoms with van der Waals surface area (Å²) < 4.78 is 19.2. The second-order valence-electron chi connectivity index (χ2n) is 3.52. The molecule has 0 aliphatic heterocycles. The molecule has 1 atom stereocenters. The van der Waals surface area contributed by atoms with E-state index in [0.717, 1.165) is 5.56 Å². The van der Waals surface area contributed by atoms with Crippen LogP contribution < -0.4 is 5.32 Å². The Labute approximate surface area is 102 Å². The number of hydrogen-bond donors (Lipinski definition) is 1. The van der Waals surface area contributed by atoms with Gasteiger partial charge in [0.15, 0.2) is 0 Å². The standard InChI is InChI=1S/C12H11BrFNO/c1-8(9-5-6-16-7-9)15-12-10(13)3-2-4-11(12)14/h2-8,15H,1H3. The van der Waals surface area contributed by atoms with Crippen molar-refractivity contribution in [2.24, 2.45) is 0 Å². The third-order valence-corrected chi connectivity index (χ3v) is 3.03. The number of benzene rings is 1. The van der Waals surface area contributed by atoms with E-state index in [2.05, 4.69) is 21.2 Å². The monoisotopic (exact) mass is 283 g/mol. The highest BCUT2D eigenvalue weighted by Crippen LogP contribution is 2.29. The fraction of sp³-hybridized carbons (Fsp3) is 0.167. The van der Waals surface area contributed by atoms with Crippen LogP contribution in [0.1, 0.15) is 18.5 Å². The zero-order valence-electron chi connectivity index (χ0n) is 8.71. The van der Waals surface area contributed by atoms with E-state index in [9.17, 15) is 4.39 Å². The summed E-state index contributed by atoms with van der Waals surface area (Å²) >= 11 is 3.31. The number of halogens is 2. The Hall–Kier alpha value is -1.29. The Balaban J connectivity index is 2.21. The molecule has 1 unspecified atom stereocenters. The van der Waals surface area contributed by atoms with Gasteiger partial charge in [0.05, 0.1) is 24.3 Å². The van der Waals surface area contributed by atoms with Crippen LogP contribution in [0.25, 0.3) is 0 Å². The Morgan fingerprint density at radius 1 is 1.38 bits per heavy atom. The Morgan fingerprint density at radius 3 is 2.81 bits per heavy atom. The molecule has 0 saturated heterocycles. The van der Waals surface area contributed by atoms with Gasteiger partial charge in [-0.15, -0.1) is 0 Å². The maximum absolute atomic E-state index is 13.5. The molecular formula is C12H11BrFNO. The minimum atomic E-state index is -0.273. The number of para-hydroxylation sites is 1. The molecular weight excluding hydrogens is 273 g/mol. The lowest BCUT2D eigenvalue weighted by molar-refractivity contribution is 0.562. The zero-order valence-corrected chi connectivity index (χ0v) is 10.3. The van der Waals surface area contributed by atoms with Crippen molar-refractivity contribution in [1.82, 2.24) is 0 Å². The van der Waals surface area contributed by atoms with E-state index >= 15 is 0 Å². The van der Waals surface area contributed by atoms with Crippen LogP contribution in [0.5, 0.6) is 0 Å². The summed E-state index contributed by atoms with van der Waals surface area (Å²) in [6, 6.07) is 6.73. The molecule has 0 saturated carbocycles. The largest absolute Gasteiger partial charge is 0.472 e. The zero-order chi connectivity index (χ0) is 11.5. The van der Waals surface area contributed by atoms with Crippen LogP contribution in [0.3, 0.4) is 0 Å². The van der Waals surface area contributed by atoms with E-state index in [1.54, 1.807) is 24.7 Å². The molecule has 1 heterocycles. The molecule has 0 aliphatic rings. The molecule has 0 bridgehead atoms. The quantitative estimate of drug-likeness (QED) is 0.906. The van der Waals surface area contributed by atoms with Gasteiger partial charge in [-0.2, -0.15) is 0 Å².